The minimum atomic E-state index is -0.114. The molecule has 0 N–H and O–H groups in total. The third kappa shape index (κ3) is 5.96. The van der Waals surface area contributed by atoms with E-state index in [-0.39, 0.29) is 23.1 Å². The van der Waals surface area contributed by atoms with E-state index in [1.165, 1.54) is 123 Å². The second-order valence-corrected chi connectivity index (χ2v) is 23.9. The standard InChI is InChI=1S/C67H56BN3OS/c1-41-36-57-63-58(37-41)70(54-24-16-22-47-46-20-10-12-25-59(46)72-64(47)54)56-40-45(71-52-33-29-44(65(2,3)4)39-49(52)66(5)34-14-15-35-67(66,71)6)30-32-51(56)68(63)50-31-28-43(42-18-8-7-9-19-42)38-55(50)69(57)53-23-17-27-61-62(53)48-21-11-13-26-60(48)73-61/h7-13,16-33,36-40H,14-15,34-35H2,1-6H3. The zero-order valence-corrected chi connectivity index (χ0v) is 43.2. The number of furan rings is 1. The number of aryl methyl sites for hydroxylation is 1. The molecule has 0 radical (unpaired) electrons. The predicted molar refractivity (Wildman–Crippen MR) is 312 cm³/mol. The zero-order valence-electron chi connectivity index (χ0n) is 42.4. The zero-order chi connectivity index (χ0) is 49.1. The van der Waals surface area contributed by atoms with Gasteiger partial charge in [-0.2, -0.15) is 0 Å². The summed E-state index contributed by atoms with van der Waals surface area (Å²) in [5.74, 6) is 0. The normalized spacial score (nSPS) is 18.9. The number of hydrogen-bond acceptors (Lipinski definition) is 5. The van der Waals surface area contributed by atoms with Crippen LogP contribution in [-0.4, -0.2) is 12.3 Å². The summed E-state index contributed by atoms with van der Waals surface area (Å²) in [5.41, 5.74) is 21.8. The van der Waals surface area contributed by atoms with Crippen molar-refractivity contribution in [1.82, 2.24) is 0 Å². The van der Waals surface area contributed by atoms with Crippen LogP contribution < -0.4 is 31.1 Å². The van der Waals surface area contributed by atoms with E-state index in [4.69, 9.17) is 4.42 Å². The summed E-state index contributed by atoms with van der Waals surface area (Å²) in [6.07, 6.45) is 4.78. The maximum atomic E-state index is 7.03. The Morgan fingerprint density at radius 3 is 2.03 bits per heavy atom. The number of hydrogen-bond donors (Lipinski definition) is 0. The Bertz CT molecular complexity index is 4130. The first-order valence-electron chi connectivity index (χ1n) is 26.3. The molecule has 2 atom stereocenters. The fourth-order valence-electron chi connectivity index (χ4n) is 14.0. The van der Waals surface area contributed by atoms with Crippen molar-refractivity contribution in [3.05, 3.63) is 199 Å². The molecule has 0 saturated heterocycles. The van der Waals surface area contributed by atoms with Crippen LogP contribution in [0.25, 0.3) is 53.2 Å². The lowest BCUT2D eigenvalue weighted by Crippen LogP contribution is -2.61. The molecule has 15 rings (SSSR count). The van der Waals surface area contributed by atoms with Crippen molar-refractivity contribution >= 4 is 122 Å². The van der Waals surface area contributed by atoms with Gasteiger partial charge in [0.1, 0.15) is 5.58 Å². The van der Waals surface area contributed by atoms with E-state index in [9.17, 15) is 0 Å². The van der Waals surface area contributed by atoms with Crippen LogP contribution in [0.5, 0.6) is 0 Å². The van der Waals surface area contributed by atoms with Gasteiger partial charge in [0.05, 0.1) is 16.9 Å². The molecule has 1 fully saturated rings. The molecule has 2 unspecified atom stereocenters. The number of fused-ring (bicyclic) bond motifs is 13. The first-order chi connectivity index (χ1) is 35.5. The summed E-state index contributed by atoms with van der Waals surface area (Å²) in [6, 6.07) is 69.1. The summed E-state index contributed by atoms with van der Waals surface area (Å²) in [5, 5.41) is 4.84. The summed E-state index contributed by atoms with van der Waals surface area (Å²) < 4.78 is 9.62. The highest BCUT2D eigenvalue weighted by Gasteiger charge is 2.58. The first-order valence-corrected chi connectivity index (χ1v) is 27.1. The van der Waals surface area contributed by atoms with Gasteiger partial charge in [-0.25, -0.2) is 0 Å². The largest absolute Gasteiger partial charge is 0.454 e. The Kier molecular flexibility index (Phi) is 9.00. The van der Waals surface area contributed by atoms with Gasteiger partial charge in [0.2, 0.25) is 0 Å². The molecule has 1 aliphatic carbocycles. The monoisotopic (exact) mass is 961 g/mol. The first kappa shape index (κ1) is 43.1. The molecule has 1 saturated carbocycles. The molecule has 6 heteroatoms. The molecule has 2 aromatic heterocycles. The highest BCUT2D eigenvalue weighted by atomic mass is 32.1. The minimum absolute atomic E-state index is 0.00518. The molecule has 0 spiro atoms. The van der Waals surface area contributed by atoms with Gasteiger partial charge in [-0.05, 0) is 143 Å². The number of nitrogens with zero attached hydrogens (tertiary/aromatic N) is 3. The van der Waals surface area contributed by atoms with Crippen LogP contribution in [0.2, 0.25) is 0 Å². The van der Waals surface area contributed by atoms with Crippen LogP contribution in [0.15, 0.2) is 186 Å². The fourth-order valence-corrected chi connectivity index (χ4v) is 15.2. The van der Waals surface area contributed by atoms with Crippen LogP contribution in [0.3, 0.4) is 0 Å². The number of benzene rings is 9. The Morgan fingerprint density at radius 2 is 1.21 bits per heavy atom. The van der Waals surface area contributed by atoms with Gasteiger partial charge in [0, 0.05) is 70.5 Å². The lowest BCUT2D eigenvalue weighted by Gasteiger charge is -2.50. The summed E-state index contributed by atoms with van der Waals surface area (Å²) >= 11 is 1.88. The lowest BCUT2D eigenvalue weighted by atomic mass is 9.33. The maximum absolute atomic E-state index is 7.03. The molecule has 73 heavy (non-hydrogen) atoms. The van der Waals surface area contributed by atoms with E-state index < -0.39 is 0 Å². The van der Waals surface area contributed by atoms with E-state index in [1.807, 2.05) is 11.3 Å². The third-order valence-corrected chi connectivity index (χ3v) is 18.9. The number of thiophene rings is 1. The quantitative estimate of drug-likeness (QED) is 0.164. The van der Waals surface area contributed by atoms with E-state index in [1.54, 1.807) is 0 Å². The third-order valence-electron chi connectivity index (χ3n) is 17.8. The van der Waals surface area contributed by atoms with Crippen molar-refractivity contribution in [2.45, 2.75) is 83.6 Å². The molecule has 5 heterocycles. The van der Waals surface area contributed by atoms with Gasteiger partial charge in [0.15, 0.2) is 5.58 Å². The average Bonchev–Trinajstić information content (AvgIpc) is 4.04. The van der Waals surface area contributed by atoms with Gasteiger partial charge in [0.25, 0.3) is 6.71 Å². The lowest BCUT2D eigenvalue weighted by molar-refractivity contribution is 0.195. The molecule has 3 aliphatic heterocycles. The SMILES string of the molecule is Cc1cc2c3c(c1)N(c1cccc4sc5ccccc5c14)c1cc(-c4ccccc4)ccc1B3c1ccc(N3c4ccc(C(C)(C)C)cc4C4(C)CCCCC34C)cc1N2c1cccc2c1oc1ccccc12. The van der Waals surface area contributed by atoms with Crippen molar-refractivity contribution < 1.29 is 4.42 Å². The van der Waals surface area contributed by atoms with Crippen LogP contribution in [0.4, 0.5) is 45.5 Å². The van der Waals surface area contributed by atoms with E-state index in [0.29, 0.717) is 0 Å². The smallest absolute Gasteiger partial charge is 0.252 e. The average molecular weight is 962 g/mol. The van der Waals surface area contributed by atoms with Crippen molar-refractivity contribution in [2.75, 3.05) is 14.7 Å². The molecule has 0 bridgehead atoms. The fraction of sp³-hybridized carbons (Fsp3) is 0.194. The van der Waals surface area contributed by atoms with Gasteiger partial charge in [-0.1, -0.05) is 156 Å². The van der Waals surface area contributed by atoms with Gasteiger partial charge in [-0.15, -0.1) is 11.3 Å². The maximum Gasteiger partial charge on any atom is 0.252 e. The molecule has 4 aliphatic rings. The van der Waals surface area contributed by atoms with E-state index in [0.717, 1.165) is 34.0 Å². The molecule has 9 aromatic carbocycles. The van der Waals surface area contributed by atoms with Crippen molar-refractivity contribution in [3.63, 3.8) is 0 Å². The van der Waals surface area contributed by atoms with Crippen LogP contribution in [-0.2, 0) is 10.8 Å². The Hall–Kier alpha value is -7.54. The van der Waals surface area contributed by atoms with Gasteiger partial charge in [-0.3, -0.25) is 0 Å². The van der Waals surface area contributed by atoms with Crippen molar-refractivity contribution in [3.8, 4) is 11.1 Å². The molecule has 11 aromatic rings. The number of para-hydroxylation sites is 2. The Balaban J connectivity index is 1.03. The van der Waals surface area contributed by atoms with Crippen molar-refractivity contribution in [2.24, 2.45) is 0 Å². The number of anilines is 8. The highest BCUT2D eigenvalue weighted by Crippen LogP contribution is 2.62. The molecule has 0 amide bonds. The molecule has 354 valence electrons. The summed E-state index contributed by atoms with van der Waals surface area (Å²) in [4.78, 5) is 7.96. The second kappa shape index (κ2) is 15.3. The molecular weight excluding hydrogens is 906 g/mol. The van der Waals surface area contributed by atoms with Crippen LogP contribution in [0.1, 0.15) is 77.0 Å². The van der Waals surface area contributed by atoms with Crippen molar-refractivity contribution in [1.29, 1.82) is 0 Å². The topological polar surface area (TPSA) is 22.9 Å². The summed E-state index contributed by atoms with van der Waals surface area (Å²) in [7, 11) is 0. The van der Waals surface area contributed by atoms with Gasteiger partial charge >= 0.3 is 0 Å². The van der Waals surface area contributed by atoms with E-state index in [2.05, 4.69) is 238 Å². The van der Waals surface area contributed by atoms with E-state index >= 15 is 0 Å². The molecule has 4 nitrogen and oxygen atoms in total. The van der Waals surface area contributed by atoms with Crippen LogP contribution >= 0.6 is 11.3 Å². The number of rotatable bonds is 4. The molecular formula is C67H56BN3OS. The predicted octanol–water partition coefficient (Wildman–Crippen LogP) is 17.1. The Labute approximate surface area is 432 Å². The van der Waals surface area contributed by atoms with Gasteiger partial charge < -0.3 is 19.1 Å². The van der Waals surface area contributed by atoms with Crippen LogP contribution in [0, 0.1) is 6.92 Å². The second-order valence-electron chi connectivity index (χ2n) is 22.8. The highest BCUT2D eigenvalue weighted by molar-refractivity contribution is 7.26. The minimum Gasteiger partial charge on any atom is -0.454 e. The summed E-state index contributed by atoms with van der Waals surface area (Å²) in [6.45, 7) is 14.4. The Morgan fingerprint density at radius 1 is 0.534 bits per heavy atom.